The average molecular weight is 330 g/mol. The number of halogens is 2. The van der Waals surface area contributed by atoms with Crippen molar-refractivity contribution in [2.24, 2.45) is 11.7 Å². The highest BCUT2D eigenvalue weighted by atomic mass is 35.5. The van der Waals surface area contributed by atoms with Crippen molar-refractivity contribution in [3.8, 4) is 0 Å². The Hall–Kier alpha value is -0.0700. The van der Waals surface area contributed by atoms with E-state index in [9.17, 15) is 4.79 Å². The van der Waals surface area contributed by atoms with Crippen molar-refractivity contribution in [1.29, 1.82) is 0 Å². The normalized spacial score (nSPS) is 22.1. The van der Waals surface area contributed by atoms with Crippen LogP contribution in [0.2, 0.25) is 0 Å². The van der Waals surface area contributed by atoms with Crippen molar-refractivity contribution in [2.45, 2.75) is 38.8 Å². The molecule has 1 heterocycles. The molecular formula is C13H29Cl2N3O2. The van der Waals surface area contributed by atoms with Crippen LogP contribution in [0.1, 0.15) is 26.7 Å². The number of piperidine rings is 1. The third-order valence-electron chi connectivity index (χ3n) is 3.57. The molecule has 7 heteroatoms. The monoisotopic (exact) mass is 329 g/mol. The maximum Gasteiger partial charge on any atom is 0.239 e. The van der Waals surface area contributed by atoms with Gasteiger partial charge in [0.25, 0.3) is 0 Å². The highest BCUT2D eigenvalue weighted by molar-refractivity contribution is 5.85. The van der Waals surface area contributed by atoms with Crippen LogP contribution in [0, 0.1) is 5.92 Å². The van der Waals surface area contributed by atoms with Crippen LogP contribution in [-0.4, -0.2) is 56.2 Å². The Morgan fingerprint density at radius 3 is 2.70 bits per heavy atom. The minimum atomic E-state index is -0.567. The highest BCUT2D eigenvalue weighted by Gasteiger charge is 2.21. The molecule has 1 rings (SSSR count). The third kappa shape index (κ3) is 7.64. The van der Waals surface area contributed by atoms with Crippen molar-refractivity contribution in [3.63, 3.8) is 0 Å². The Morgan fingerprint density at radius 1 is 1.50 bits per heavy atom. The van der Waals surface area contributed by atoms with Gasteiger partial charge in [-0.05, 0) is 32.2 Å². The van der Waals surface area contributed by atoms with E-state index in [4.69, 9.17) is 10.5 Å². The van der Waals surface area contributed by atoms with Crippen LogP contribution in [0.4, 0.5) is 0 Å². The molecule has 1 aliphatic rings. The lowest BCUT2D eigenvalue weighted by atomic mass is 9.99. The van der Waals surface area contributed by atoms with Gasteiger partial charge >= 0.3 is 0 Å². The van der Waals surface area contributed by atoms with E-state index in [2.05, 4.69) is 24.1 Å². The average Bonchev–Trinajstić information content (AvgIpc) is 2.35. The number of nitrogens with one attached hydrogen (secondary N) is 1. The minimum Gasteiger partial charge on any atom is -0.383 e. The molecule has 0 aromatic rings. The predicted octanol–water partition coefficient (Wildman–Crippen LogP) is 1.04. The van der Waals surface area contributed by atoms with E-state index >= 15 is 0 Å². The fourth-order valence-electron chi connectivity index (χ4n) is 2.39. The van der Waals surface area contributed by atoms with E-state index in [0.29, 0.717) is 12.6 Å². The maximum absolute atomic E-state index is 11.6. The van der Waals surface area contributed by atoms with E-state index in [1.807, 2.05) is 0 Å². The van der Waals surface area contributed by atoms with Gasteiger partial charge in [0, 0.05) is 26.2 Å². The van der Waals surface area contributed by atoms with Gasteiger partial charge in [-0.2, -0.15) is 0 Å². The van der Waals surface area contributed by atoms with Crippen LogP contribution in [-0.2, 0) is 9.53 Å². The van der Waals surface area contributed by atoms with Gasteiger partial charge in [-0.3, -0.25) is 9.69 Å². The number of likely N-dealkylation sites (tertiary alicyclic amines) is 1. The summed E-state index contributed by atoms with van der Waals surface area (Å²) in [5.74, 6) is 0.626. The zero-order chi connectivity index (χ0) is 13.5. The van der Waals surface area contributed by atoms with Gasteiger partial charge in [-0.1, -0.05) is 6.92 Å². The van der Waals surface area contributed by atoms with Crippen molar-refractivity contribution in [2.75, 3.05) is 33.4 Å². The first-order valence-corrected chi connectivity index (χ1v) is 6.80. The summed E-state index contributed by atoms with van der Waals surface area (Å²) in [4.78, 5) is 14.1. The molecule has 1 amide bonds. The van der Waals surface area contributed by atoms with E-state index in [1.165, 1.54) is 12.8 Å². The van der Waals surface area contributed by atoms with Crippen molar-refractivity contribution in [3.05, 3.63) is 0 Å². The zero-order valence-electron chi connectivity index (χ0n) is 12.6. The molecule has 5 nitrogen and oxygen atoms in total. The lowest BCUT2D eigenvalue weighted by molar-refractivity contribution is -0.123. The van der Waals surface area contributed by atoms with Crippen LogP contribution in [0.3, 0.4) is 0 Å². The second-order valence-corrected chi connectivity index (χ2v) is 5.40. The smallest absolute Gasteiger partial charge is 0.239 e. The summed E-state index contributed by atoms with van der Waals surface area (Å²) >= 11 is 0. The van der Waals surface area contributed by atoms with E-state index in [-0.39, 0.29) is 37.3 Å². The van der Waals surface area contributed by atoms with E-state index < -0.39 is 6.04 Å². The fraction of sp³-hybridized carbons (Fsp3) is 0.923. The lowest BCUT2D eigenvalue weighted by Crippen LogP contribution is -2.50. The Labute approximate surface area is 134 Å². The molecule has 1 aliphatic heterocycles. The first-order chi connectivity index (χ1) is 8.54. The molecule has 3 N–H and O–H groups in total. The van der Waals surface area contributed by atoms with Gasteiger partial charge in [-0.25, -0.2) is 0 Å². The van der Waals surface area contributed by atoms with Crippen LogP contribution in [0.15, 0.2) is 0 Å². The van der Waals surface area contributed by atoms with Gasteiger partial charge in [0.15, 0.2) is 0 Å². The Kier molecular flexibility index (Phi) is 12.9. The number of hydrogen-bond acceptors (Lipinski definition) is 4. The van der Waals surface area contributed by atoms with Crippen LogP contribution < -0.4 is 11.1 Å². The topological polar surface area (TPSA) is 67.6 Å². The molecule has 3 unspecified atom stereocenters. The number of carbonyl (C=O) groups is 1. The number of ether oxygens (including phenoxy) is 1. The van der Waals surface area contributed by atoms with E-state index in [0.717, 1.165) is 19.0 Å². The summed E-state index contributed by atoms with van der Waals surface area (Å²) in [7, 11) is 1.55. The van der Waals surface area contributed by atoms with Crippen LogP contribution in [0.25, 0.3) is 0 Å². The van der Waals surface area contributed by atoms with Crippen molar-refractivity contribution >= 4 is 30.7 Å². The first kappa shape index (κ1) is 22.2. The molecule has 0 aromatic carbocycles. The molecule has 0 aromatic heterocycles. The molecule has 3 atom stereocenters. The standard InChI is InChI=1S/C13H27N3O2.2ClH/c1-10-5-4-6-16(8-10)11(2)7-15-13(17)12(14)9-18-3;;/h10-12H,4-9,14H2,1-3H3,(H,15,17);2*1H. The molecular weight excluding hydrogens is 301 g/mol. The summed E-state index contributed by atoms with van der Waals surface area (Å²) in [6.45, 7) is 7.61. The Bertz CT molecular complexity index is 270. The first-order valence-electron chi connectivity index (χ1n) is 6.80. The lowest BCUT2D eigenvalue weighted by Gasteiger charge is -2.35. The molecule has 0 bridgehead atoms. The van der Waals surface area contributed by atoms with Gasteiger partial charge in [0.05, 0.1) is 6.61 Å². The Balaban J connectivity index is 0. The summed E-state index contributed by atoms with van der Waals surface area (Å²) in [5.41, 5.74) is 5.66. The quantitative estimate of drug-likeness (QED) is 0.764. The second-order valence-electron chi connectivity index (χ2n) is 5.40. The predicted molar refractivity (Wildman–Crippen MR) is 86.8 cm³/mol. The molecule has 0 spiro atoms. The number of amides is 1. The largest absolute Gasteiger partial charge is 0.383 e. The maximum atomic E-state index is 11.6. The zero-order valence-corrected chi connectivity index (χ0v) is 14.3. The number of carbonyl (C=O) groups excluding carboxylic acids is 1. The van der Waals surface area contributed by atoms with Gasteiger partial charge in [-0.15, -0.1) is 24.8 Å². The van der Waals surface area contributed by atoms with Gasteiger partial charge in [0.1, 0.15) is 6.04 Å². The van der Waals surface area contributed by atoms with E-state index in [1.54, 1.807) is 7.11 Å². The van der Waals surface area contributed by atoms with Crippen LogP contribution in [0.5, 0.6) is 0 Å². The molecule has 1 saturated heterocycles. The molecule has 0 saturated carbocycles. The summed E-state index contributed by atoms with van der Waals surface area (Å²) in [6.07, 6.45) is 2.57. The second kappa shape index (κ2) is 11.6. The molecule has 122 valence electrons. The van der Waals surface area contributed by atoms with Crippen LogP contribution >= 0.6 is 24.8 Å². The fourth-order valence-corrected chi connectivity index (χ4v) is 2.39. The number of nitrogens with two attached hydrogens (primary N) is 1. The molecule has 0 aliphatic carbocycles. The summed E-state index contributed by atoms with van der Waals surface area (Å²) < 4.78 is 4.87. The summed E-state index contributed by atoms with van der Waals surface area (Å²) in [5, 5.41) is 2.89. The van der Waals surface area contributed by atoms with Crippen molar-refractivity contribution in [1.82, 2.24) is 10.2 Å². The van der Waals surface area contributed by atoms with Gasteiger partial charge < -0.3 is 15.8 Å². The number of hydrogen-bond donors (Lipinski definition) is 2. The molecule has 0 radical (unpaired) electrons. The van der Waals surface area contributed by atoms with Crippen molar-refractivity contribution < 1.29 is 9.53 Å². The SMILES string of the molecule is COCC(N)C(=O)NCC(C)N1CCCC(C)C1.Cl.Cl. The third-order valence-corrected chi connectivity index (χ3v) is 3.57. The van der Waals surface area contributed by atoms with Gasteiger partial charge in [0.2, 0.25) is 5.91 Å². The highest BCUT2D eigenvalue weighted by Crippen LogP contribution is 2.17. The molecule has 20 heavy (non-hydrogen) atoms. The number of nitrogens with zero attached hydrogens (tertiary/aromatic N) is 1. The summed E-state index contributed by atoms with van der Waals surface area (Å²) in [6, 6.07) is -0.200. The number of rotatable bonds is 6. The minimum absolute atomic E-state index is 0. The molecule has 1 fully saturated rings. The number of methoxy groups -OCH3 is 1. The Morgan fingerprint density at radius 2 is 2.15 bits per heavy atom.